The largest absolute Gasteiger partial charge is 0.481 e. The Kier molecular flexibility index (Phi) is 6.39. The molecule has 6 nitrogen and oxygen atoms in total. The van der Waals surface area contributed by atoms with Gasteiger partial charge in [-0.05, 0) is 26.0 Å². The minimum absolute atomic E-state index is 0.106. The molecule has 1 aromatic rings. The van der Waals surface area contributed by atoms with E-state index in [0.717, 1.165) is 5.56 Å². The number of carboxylic acids is 1. The third kappa shape index (κ3) is 5.64. The molecule has 2 N–H and O–H groups in total. The molecule has 0 spiro atoms. The first-order chi connectivity index (χ1) is 9.93. The Morgan fingerprint density at radius 2 is 2.00 bits per heavy atom. The van der Waals surface area contributed by atoms with Gasteiger partial charge in [0.15, 0.2) is 0 Å². The molecule has 6 heteroatoms. The maximum absolute atomic E-state index is 11.9. The maximum atomic E-state index is 11.9. The van der Waals surface area contributed by atoms with E-state index in [1.807, 2.05) is 13.0 Å². The second kappa shape index (κ2) is 8.04. The normalized spacial score (nSPS) is 10.0. The average molecular weight is 292 g/mol. The van der Waals surface area contributed by atoms with Gasteiger partial charge in [-0.3, -0.25) is 14.4 Å². The van der Waals surface area contributed by atoms with E-state index in [0.29, 0.717) is 12.1 Å². The molecule has 21 heavy (non-hydrogen) atoms. The highest BCUT2D eigenvalue weighted by molar-refractivity contribution is 5.96. The second-order valence-corrected chi connectivity index (χ2v) is 4.67. The van der Waals surface area contributed by atoms with Crippen molar-refractivity contribution in [2.45, 2.75) is 20.3 Å². The second-order valence-electron chi connectivity index (χ2n) is 4.67. The Bertz CT molecular complexity index is 528. The average Bonchev–Trinajstić information content (AvgIpc) is 2.45. The standard InChI is InChI=1S/C15H20N2O4/c1-3-17(8-7-14(19)20)13(18)10-16-15(21)12-6-4-5-11(2)9-12/h4-6,9H,3,7-8,10H2,1-2H3,(H,16,21)(H,19,20). The number of aliphatic carboxylic acids is 1. The molecular weight excluding hydrogens is 272 g/mol. The molecule has 0 bridgehead atoms. The van der Waals surface area contributed by atoms with E-state index >= 15 is 0 Å². The number of rotatable bonds is 7. The fraction of sp³-hybridized carbons (Fsp3) is 0.400. The van der Waals surface area contributed by atoms with Crippen LogP contribution in [0, 0.1) is 6.92 Å². The monoisotopic (exact) mass is 292 g/mol. The Morgan fingerprint density at radius 1 is 1.29 bits per heavy atom. The Hall–Kier alpha value is -2.37. The van der Waals surface area contributed by atoms with Crippen molar-refractivity contribution in [3.8, 4) is 0 Å². The molecule has 1 rings (SSSR count). The van der Waals surface area contributed by atoms with Crippen molar-refractivity contribution in [2.75, 3.05) is 19.6 Å². The van der Waals surface area contributed by atoms with Crippen molar-refractivity contribution in [2.24, 2.45) is 0 Å². The number of hydrogen-bond acceptors (Lipinski definition) is 3. The number of carbonyl (C=O) groups excluding carboxylic acids is 2. The summed E-state index contributed by atoms with van der Waals surface area (Å²) in [4.78, 5) is 35.7. The summed E-state index contributed by atoms with van der Waals surface area (Å²) in [5.41, 5.74) is 1.46. The molecule has 0 saturated heterocycles. The number of hydrogen-bond donors (Lipinski definition) is 2. The van der Waals surface area contributed by atoms with Crippen LogP contribution in [0.25, 0.3) is 0 Å². The summed E-state index contributed by atoms with van der Waals surface area (Å²) in [6, 6.07) is 7.07. The summed E-state index contributed by atoms with van der Waals surface area (Å²) in [7, 11) is 0. The summed E-state index contributed by atoms with van der Waals surface area (Å²) >= 11 is 0. The van der Waals surface area contributed by atoms with Gasteiger partial charge >= 0.3 is 5.97 Å². The predicted molar refractivity (Wildman–Crippen MR) is 78.0 cm³/mol. The van der Waals surface area contributed by atoms with Crippen LogP contribution in [-0.4, -0.2) is 47.4 Å². The number of nitrogens with one attached hydrogen (secondary N) is 1. The molecule has 0 radical (unpaired) electrons. The molecule has 114 valence electrons. The van der Waals surface area contributed by atoms with Crippen molar-refractivity contribution >= 4 is 17.8 Å². The predicted octanol–water partition coefficient (Wildman–Crippen LogP) is 1.05. The van der Waals surface area contributed by atoms with Gasteiger partial charge in [0.05, 0.1) is 13.0 Å². The smallest absolute Gasteiger partial charge is 0.305 e. The SMILES string of the molecule is CCN(CCC(=O)O)C(=O)CNC(=O)c1cccc(C)c1. The molecule has 0 aliphatic carbocycles. The zero-order chi connectivity index (χ0) is 15.8. The van der Waals surface area contributed by atoms with Gasteiger partial charge in [-0.25, -0.2) is 0 Å². The lowest BCUT2D eigenvalue weighted by Gasteiger charge is -2.20. The molecular formula is C15H20N2O4. The molecule has 0 aromatic heterocycles. The van der Waals surface area contributed by atoms with E-state index in [1.54, 1.807) is 25.1 Å². The van der Waals surface area contributed by atoms with Crippen molar-refractivity contribution in [1.29, 1.82) is 0 Å². The van der Waals surface area contributed by atoms with E-state index in [9.17, 15) is 14.4 Å². The van der Waals surface area contributed by atoms with E-state index in [2.05, 4.69) is 5.32 Å². The third-order valence-electron chi connectivity index (χ3n) is 3.01. The number of nitrogens with zero attached hydrogens (tertiary/aromatic N) is 1. The van der Waals surface area contributed by atoms with Crippen LogP contribution in [0.4, 0.5) is 0 Å². The number of carbonyl (C=O) groups is 3. The molecule has 2 amide bonds. The zero-order valence-corrected chi connectivity index (χ0v) is 12.3. The quantitative estimate of drug-likeness (QED) is 0.786. The van der Waals surface area contributed by atoms with Crippen molar-refractivity contribution < 1.29 is 19.5 Å². The van der Waals surface area contributed by atoms with Crippen LogP contribution in [0.15, 0.2) is 24.3 Å². The van der Waals surface area contributed by atoms with Gasteiger partial charge < -0.3 is 15.3 Å². The zero-order valence-electron chi connectivity index (χ0n) is 12.3. The molecule has 0 fully saturated rings. The van der Waals surface area contributed by atoms with Crippen LogP contribution in [0.1, 0.15) is 29.3 Å². The van der Waals surface area contributed by atoms with Gasteiger partial charge in [0.2, 0.25) is 5.91 Å². The number of aryl methyl sites for hydroxylation is 1. The van der Waals surface area contributed by atoms with Crippen LogP contribution in [-0.2, 0) is 9.59 Å². The van der Waals surface area contributed by atoms with Gasteiger partial charge in [-0.15, -0.1) is 0 Å². The molecule has 0 aliphatic heterocycles. The first-order valence-electron chi connectivity index (χ1n) is 6.78. The number of amides is 2. The lowest BCUT2D eigenvalue weighted by Crippen LogP contribution is -2.41. The van der Waals surface area contributed by atoms with E-state index in [-0.39, 0.29) is 31.3 Å². The Labute approximate surface area is 123 Å². The Balaban J connectivity index is 2.51. The minimum atomic E-state index is -0.954. The number of likely N-dealkylation sites (N-methyl/N-ethyl adjacent to an activating group) is 1. The summed E-state index contributed by atoms with van der Waals surface area (Å²) in [6.45, 7) is 4.06. The van der Waals surface area contributed by atoms with Crippen LogP contribution in [0.3, 0.4) is 0 Å². The number of carboxylic acid groups (broad SMARTS) is 1. The molecule has 0 saturated carbocycles. The summed E-state index contributed by atoms with van der Waals surface area (Å²) in [5, 5.41) is 11.2. The van der Waals surface area contributed by atoms with Crippen LogP contribution in [0.5, 0.6) is 0 Å². The van der Waals surface area contributed by atoms with Gasteiger partial charge in [0.25, 0.3) is 5.91 Å². The maximum Gasteiger partial charge on any atom is 0.305 e. The van der Waals surface area contributed by atoms with Gasteiger partial charge in [0, 0.05) is 18.7 Å². The highest BCUT2D eigenvalue weighted by Gasteiger charge is 2.14. The first-order valence-corrected chi connectivity index (χ1v) is 6.78. The molecule has 0 unspecified atom stereocenters. The van der Waals surface area contributed by atoms with Crippen molar-refractivity contribution in [3.63, 3.8) is 0 Å². The van der Waals surface area contributed by atoms with Gasteiger partial charge in [0.1, 0.15) is 0 Å². The van der Waals surface area contributed by atoms with Gasteiger partial charge in [-0.1, -0.05) is 17.7 Å². The Morgan fingerprint density at radius 3 is 2.57 bits per heavy atom. The van der Waals surface area contributed by atoms with E-state index in [1.165, 1.54) is 4.90 Å². The summed E-state index contributed by atoms with van der Waals surface area (Å²) < 4.78 is 0. The fourth-order valence-corrected chi connectivity index (χ4v) is 1.85. The summed E-state index contributed by atoms with van der Waals surface area (Å²) in [6.07, 6.45) is -0.106. The van der Waals surface area contributed by atoms with Gasteiger partial charge in [-0.2, -0.15) is 0 Å². The third-order valence-corrected chi connectivity index (χ3v) is 3.01. The number of benzene rings is 1. The summed E-state index contributed by atoms with van der Waals surface area (Å²) in [5.74, 6) is -1.56. The fourth-order valence-electron chi connectivity index (χ4n) is 1.85. The van der Waals surface area contributed by atoms with Crippen molar-refractivity contribution in [3.05, 3.63) is 35.4 Å². The van der Waals surface area contributed by atoms with E-state index in [4.69, 9.17) is 5.11 Å². The lowest BCUT2D eigenvalue weighted by atomic mass is 10.1. The van der Waals surface area contributed by atoms with Crippen molar-refractivity contribution in [1.82, 2.24) is 10.2 Å². The first kappa shape index (κ1) is 16.7. The molecule has 0 heterocycles. The highest BCUT2D eigenvalue weighted by atomic mass is 16.4. The highest BCUT2D eigenvalue weighted by Crippen LogP contribution is 2.03. The van der Waals surface area contributed by atoms with Crippen LogP contribution in [0.2, 0.25) is 0 Å². The topological polar surface area (TPSA) is 86.7 Å². The van der Waals surface area contributed by atoms with Crippen LogP contribution >= 0.6 is 0 Å². The van der Waals surface area contributed by atoms with Crippen LogP contribution < -0.4 is 5.32 Å². The lowest BCUT2D eigenvalue weighted by molar-refractivity contribution is -0.138. The molecule has 0 aliphatic rings. The minimum Gasteiger partial charge on any atom is -0.481 e. The molecule has 0 atom stereocenters. The van der Waals surface area contributed by atoms with E-state index < -0.39 is 5.97 Å². The molecule has 1 aromatic carbocycles.